The van der Waals surface area contributed by atoms with Crippen LogP contribution in [0.1, 0.15) is 29.3 Å². The Hall–Kier alpha value is -1.06. The Morgan fingerprint density at radius 2 is 2.20 bits per heavy atom. The fourth-order valence-corrected chi connectivity index (χ4v) is 1.64. The van der Waals surface area contributed by atoms with Gasteiger partial charge in [-0.2, -0.15) is 0 Å². The average Bonchev–Trinajstić information content (AvgIpc) is 2.21. The second-order valence-electron chi connectivity index (χ2n) is 3.28. The van der Waals surface area contributed by atoms with Gasteiger partial charge in [0.25, 0.3) is 0 Å². The van der Waals surface area contributed by atoms with Crippen molar-refractivity contribution in [1.29, 1.82) is 0 Å². The molecule has 0 aromatic heterocycles. The molecule has 0 aliphatic heterocycles. The summed E-state index contributed by atoms with van der Waals surface area (Å²) in [4.78, 5) is 11.6. The molecule has 82 valence electrons. The zero-order chi connectivity index (χ0) is 11.4. The van der Waals surface area contributed by atoms with Gasteiger partial charge in [0.2, 0.25) is 0 Å². The summed E-state index contributed by atoms with van der Waals surface area (Å²) in [6.07, 6.45) is 0.854. The van der Waals surface area contributed by atoms with E-state index in [1.165, 1.54) is 6.07 Å². The van der Waals surface area contributed by atoms with Crippen LogP contribution in [0.4, 0.5) is 0 Å². The summed E-state index contributed by atoms with van der Waals surface area (Å²) in [5.41, 5.74) is 6.24. The summed E-state index contributed by atoms with van der Waals surface area (Å²) in [6, 6.07) is 3.14. The van der Waals surface area contributed by atoms with E-state index in [1.807, 2.05) is 6.92 Å². The molecule has 0 bridgehead atoms. The lowest BCUT2D eigenvalue weighted by atomic mass is 10.0. The predicted octanol–water partition coefficient (Wildman–Crippen LogP) is 2.14. The van der Waals surface area contributed by atoms with Crippen molar-refractivity contribution in [1.82, 2.24) is 0 Å². The minimum Gasteiger partial charge on any atom is -0.507 e. The second-order valence-corrected chi connectivity index (χ2v) is 3.71. The van der Waals surface area contributed by atoms with Crippen molar-refractivity contribution in [2.45, 2.75) is 19.8 Å². The van der Waals surface area contributed by atoms with Crippen LogP contribution >= 0.6 is 11.6 Å². The first-order chi connectivity index (χ1) is 7.10. The van der Waals surface area contributed by atoms with Gasteiger partial charge in [-0.1, -0.05) is 18.5 Å². The first-order valence-corrected chi connectivity index (χ1v) is 5.22. The van der Waals surface area contributed by atoms with Crippen LogP contribution in [-0.2, 0) is 6.42 Å². The highest BCUT2D eigenvalue weighted by molar-refractivity contribution is 6.31. The number of aromatic hydroxyl groups is 1. The molecular formula is C11H14ClNO2. The van der Waals surface area contributed by atoms with Gasteiger partial charge in [0, 0.05) is 11.4 Å². The van der Waals surface area contributed by atoms with E-state index in [2.05, 4.69) is 0 Å². The summed E-state index contributed by atoms with van der Waals surface area (Å²) in [5.74, 6) is -0.146. The topological polar surface area (TPSA) is 63.3 Å². The molecule has 1 rings (SSSR count). The molecule has 4 heteroatoms. The number of carbonyl (C=O) groups excluding carboxylic acids is 1. The predicted molar refractivity (Wildman–Crippen MR) is 60.5 cm³/mol. The lowest BCUT2D eigenvalue weighted by molar-refractivity contribution is 0.0982. The maximum atomic E-state index is 11.6. The Balaban J connectivity index is 3.17. The molecule has 0 fully saturated rings. The number of phenols is 1. The number of benzene rings is 1. The lowest BCUT2D eigenvalue weighted by Gasteiger charge is -2.08. The molecule has 3 N–H and O–H groups in total. The van der Waals surface area contributed by atoms with Crippen LogP contribution in [0.2, 0.25) is 5.02 Å². The molecule has 1 aromatic carbocycles. The Labute approximate surface area is 93.9 Å². The number of rotatable bonds is 4. The molecule has 0 radical (unpaired) electrons. The number of ketones is 1. The number of Topliss-reactive ketones (excluding diaryl/α,β-unsaturated/α-hetero) is 1. The molecule has 0 spiro atoms. The summed E-state index contributed by atoms with van der Waals surface area (Å²) in [6.45, 7) is 2.16. The van der Waals surface area contributed by atoms with E-state index in [9.17, 15) is 9.90 Å². The highest BCUT2D eigenvalue weighted by Crippen LogP contribution is 2.28. The third kappa shape index (κ3) is 2.70. The van der Waals surface area contributed by atoms with Gasteiger partial charge >= 0.3 is 0 Å². The van der Waals surface area contributed by atoms with E-state index in [4.69, 9.17) is 17.3 Å². The number of phenolic OH excluding ortho intramolecular Hbond substituents is 1. The van der Waals surface area contributed by atoms with Crippen LogP contribution in [0.15, 0.2) is 12.1 Å². The molecule has 0 heterocycles. The van der Waals surface area contributed by atoms with E-state index >= 15 is 0 Å². The molecule has 0 saturated heterocycles. The van der Waals surface area contributed by atoms with Gasteiger partial charge < -0.3 is 10.8 Å². The van der Waals surface area contributed by atoms with Crippen LogP contribution in [0.25, 0.3) is 0 Å². The monoisotopic (exact) mass is 227 g/mol. The van der Waals surface area contributed by atoms with E-state index < -0.39 is 0 Å². The molecular weight excluding hydrogens is 214 g/mol. The highest BCUT2D eigenvalue weighted by atomic mass is 35.5. The van der Waals surface area contributed by atoms with Crippen molar-refractivity contribution < 1.29 is 9.90 Å². The van der Waals surface area contributed by atoms with Gasteiger partial charge in [0.1, 0.15) is 5.75 Å². The molecule has 0 aliphatic rings. The summed E-state index contributed by atoms with van der Waals surface area (Å²) in [7, 11) is 0. The number of halogens is 1. The van der Waals surface area contributed by atoms with Crippen LogP contribution in [0.5, 0.6) is 5.75 Å². The Morgan fingerprint density at radius 1 is 1.53 bits per heavy atom. The summed E-state index contributed by atoms with van der Waals surface area (Å²) in [5, 5.41) is 10.3. The van der Waals surface area contributed by atoms with Crippen molar-refractivity contribution in [3.05, 3.63) is 28.3 Å². The largest absolute Gasteiger partial charge is 0.507 e. The zero-order valence-corrected chi connectivity index (χ0v) is 9.34. The smallest absolute Gasteiger partial charge is 0.167 e. The van der Waals surface area contributed by atoms with Gasteiger partial charge in [-0.3, -0.25) is 4.79 Å². The van der Waals surface area contributed by atoms with E-state index in [1.54, 1.807) is 6.07 Å². The normalized spacial score (nSPS) is 10.3. The molecule has 0 unspecified atom stereocenters. The van der Waals surface area contributed by atoms with Crippen LogP contribution in [0.3, 0.4) is 0 Å². The number of hydrogen-bond donors (Lipinski definition) is 2. The van der Waals surface area contributed by atoms with E-state index in [0.717, 1.165) is 0 Å². The van der Waals surface area contributed by atoms with Crippen LogP contribution < -0.4 is 5.73 Å². The Kier molecular flexibility index (Phi) is 4.12. The quantitative estimate of drug-likeness (QED) is 0.775. The van der Waals surface area contributed by atoms with Crippen molar-refractivity contribution in [2.75, 3.05) is 6.54 Å². The number of nitrogens with two attached hydrogens (primary N) is 1. The standard InChI is InChI=1S/C11H14ClNO2/c1-2-7-5-8(12)6-9(11(7)15)10(14)3-4-13/h5-6,15H,2-4,13H2,1H3. The van der Waals surface area contributed by atoms with Crippen LogP contribution in [-0.4, -0.2) is 17.4 Å². The molecule has 1 aromatic rings. The number of aryl methyl sites for hydroxylation is 1. The minimum atomic E-state index is -0.174. The average molecular weight is 228 g/mol. The molecule has 0 saturated carbocycles. The van der Waals surface area contributed by atoms with Gasteiger partial charge in [0.15, 0.2) is 5.78 Å². The molecule has 0 amide bonds. The summed E-state index contributed by atoms with van der Waals surface area (Å²) < 4.78 is 0. The van der Waals surface area contributed by atoms with Crippen LogP contribution in [0, 0.1) is 0 Å². The molecule has 0 aliphatic carbocycles. The van der Waals surface area contributed by atoms with E-state index in [-0.39, 0.29) is 30.1 Å². The first-order valence-electron chi connectivity index (χ1n) is 4.84. The molecule has 3 nitrogen and oxygen atoms in total. The van der Waals surface area contributed by atoms with Crippen molar-refractivity contribution >= 4 is 17.4 Å². The number of hydrogen-bond acceptors (Lipinski definition) is 3. The Bertz CT molecular complexity index is 377. The minimum absolute atomic E-state index is 0.0281. The third-order valence-electron chi connectivity index (χ3n) is 2.21. The Morgan fingerprint density at radius 3 is 2.73 bits per heavy atom. The van der Waals surface area contributed by atoms with Gasteiger partial charge in [0.05, 0.1) is 5.56 Å². The molecule has 0 atom stereocenters. The van der Waals surface area contributed by atoms with Gasteiger partial charge in [-0.25, -0.2) is 0 Å². The zero-order valence-electron chi connectivity index (χ0n) is 8.59. The highest BCUT2D eigenvalue weighted by Gasteiger charge is 2.14. The van der Waals surface area contributed by atoms with Crippen molar-refractivity contribution in [2.24, 2.45) is 5.73 Å². The lowest BCUT2D eigenvalue weighted by Crippen LogP contribution is -2.08. The van der Waals surface area contributed by atoms with E-state index in [0.29, 0.717) is 17.0 Å². The fraction of sp³-hybridized carbons (Fsp3) is 0.364. The van der Waals surface area contributed by atoms with Gasteiger partial charge in [-0.05, 0) is 30.7 Å². The second kappa shape index (κ2) is 5.14. The summed E-state index contributed by atoms with van der Waals surface area (Å²) >= 11 is 5.85. The van der Waals surface area contributed by atoms with Crippen molar-refractivity contribution in [3.63, 3.8) is 0 Å². The maximum absolute atomic E-state index is 11.6. The first kappa shape index (κ1) is 12.0. The van der Waals surface area contributed by atoms with Gasteiger partial charge in [-0.15, -0.1) is 0 Å². The maximum Gasteiger partial charge on any atom is 0.167 e. The number of carbonyl (C=O) groups is 1. The van der Waals surface area contributed by atoms with Crippen molar-refractivity contribution in [3.8, 4) is 5.75 Å². The third-order valence-corrected chi connectivity index (χ3v) is 2.42. The fourth-order valence-electron chi connectivity index (χ4n) is 1.40. The SMILES string of the molecule is CCc1cc(Cl)cc(C(=O)CCN)c1O. The molecule has 15 heavy (non-hydrogen) atoms.